The number of anilines is 2. The van der Waals surface area contributed by atoms with Crippen molar-refractivity contribution in [3.8, 4) is 5.75 Å². The van der Waals surface area contributed by atoms with Gasteiger partial charge in [-0.2, -0.15) is 0 Å². The number of carbonyl (C=O) groups is 1. The molecule has 0 unspecified atom stereocenters. The lowest BCUT2D eigenvalue weighted by Crippen LogP contribution is -2.51. The second-order valence-corrected chi connectivity index (χ2v) is 4.90. The van der Waals surface area contributed by atoms with Crippen molar-refractivity contribution in [1.82, 2.24) is 0 Å². The molecule has 0 saturated heterocycles. The fourth-order valence-corrected chi connectivity index (χ4v) is 2.39. The quantitative estimate of drug-likeness (QED) is 0.855. The number of fused-ring (bicyclic) bond motifs is 1. The molecule has 0 saturated carbocycles. The monoisotopic (exact) mass is 262 g/mol. The van der Waals surface area contributed by atoms with E-state index in [0.717, 1.165) is 36.4 Å². The SMILES string of the molecule is CCCOc1cccc2c1NC(=O)C(CC)(CC)N2. The van der Waals surface area contributed by atoms with Crippen molar-refractivity contribution in [2.45, 2.75) is 45.6 Å². The van der Waals surface area contributed by atoms with Gasteiger partial charge in [-0.3, -0.25) is 4.79 Å². The smallest absolute Gasteiger partial charge is 0.250 e. The summed E-state index contributed by atoms with van der Waals surface area (Å²) < 4.78 is 5.68. The van der Waals surface area contributed by atoms with Crippen LogP contribution >= 0.6 is 0 Å². The van der Waals surface area contributed by atoms with E-state index < -0.39 is 5.54 Å². The van der Waals surface area contributed by atoms with Crippen LogP contribution < -0.4 is 15.4 Å². The highest BCUT2D eigenvalue weighted by molar-refractivity contribution is 6.07. The number of amides is 1. The highest BCUT2D eigenvalue weighted by Crippen LogP contribution is 2.40. The summed E-state index contributed by atoms with van der Waals surface area (Å²) in [7, 11) is 0. The fourth-order valence-electron chi connectivity index (χ4n) is 2.39. The largest absolute Gasteiger partial charge is 0.491 e. The first-order valence-corrected chi connectivity index (χ1v) is 7.02. The summed E-state index contributed by atoms with van der Waals surface area (Å²) in [5.74, 6) is 0.763. The number of ether oxygens (including phenoxy) is 1. The van der Waals surface area contributed by atoms with E-state index in [4.69, 9.17) is 4.74 Å². The molecule has 1 amide bonds. The maximum Gasteiger partial charge on any atom is 0.250 e. The van der Waals surface area contributed by atoms with Crippen molar-refractivity contribution in [1.29, 1.82) is 0 Å². The van der Waals surface area contributed by atoms with Crippen molar-refractivity contribution in [2.24, 2.45) is 0 Å². The molecule has 19 heavy (non-hydrogen) atoms. The Hall–Kier alpha value is -1.71. The average Bonchev–Trinajstić information content (AvgIpc) is 2.44. The number of benzene rings is 1. The molecule has 1 aromatic rings. The molecule has 2 rings (SSSR count). The second-order valence-electron chi connectivity index (χ2n) is 4.90. The van der Waals surface area contributed by atoms with Crippen LogP contribution in [-0.2, 0) is 4.79 Å². The molecule has 0 fully saturated rings. The second kappa shape index (κ2) is 5.51. The van der Waals surface area contributed by atoms with Crippen molar-refractivity contribution in [3.05, 3.63) is 18.2 Å². The van der Waals surface area contributed by atoms with E-state index in [1.807, 2.05) is 32.0 Å². The predicted molar refractivity (Wildman–Crippen MR) is 77.8 cm³/mol. The van der Waals surface area contributed by atoms with E-state index in [1.54, 1.807) is 0 Å². The van der Waals surface area contributed by atoms with E-state index in [2.05, 4.69) is 17.6 Å². The van der Waals surface area contributed by atoms with Gasteiger partial charge in [0.1, 0.15) is 17.0 Å². The highest BCUT2D eigenvalue weighted by atomic mass is 16.5. The molecule has 1 aliphatic heterocycles. The maximum atomic E-state index is 12.3. The van der Waals surface area contributed by atoms with Gasteiger partial charge in [-0.25, -0.2) is 0 Å². The Morgan fingerprint density at radius 3 is 2.58 bits per heavy atom. The molecule has 0 aliphatic carbocycles. The fraction of sp³-hybridized carbons (Fsp3) is 0.533. The number of rotatable bonds is 5. The Morgan fingerprint density at radius 1 is 1.21 bits per heavy atom. The molecule has 4 heteroatoms. The molecule has 0 radical (unpaired) electrons. The maximum absolute atomic E-state index is 12.3. The molecule has 0 aromatic heterocycles. The van der Waals surface area contributed by atoms with Gasteiger partial charge in [0, 0.05) is 0 Å². The molecule has 0 spiro atoms. The Morgan fingerprint density at radius 2 is 1.95 bits per heavy atom. The third-order valence-electron chi connectivity index (χ3n) is 3.74. The van der Waals surface area contributed by atoms with Gasteiger partial charge >= 0.3 is 0 Å². The molecule has 104 valence electrons. The van der Waals surface area contributed by atoms with Crippen molar-refractivity contribution in [2.75, 3.05) is 17.2 Å². The van der Waals surface area contributed by atoms with Crippen LogP contribution in [0.2, 0.25) is 0 Å². The highest BCUT2D eigenvalue weighted by Gasteiger charge is 2.39. The zero-order valence-electron chi connectivity index (χ0n) is 11.9. The number of nitrogens with one attached hydrogen (secondary N) is 2. The van der Waals surface area contributed by atoms with Crippen molar-refractivity contribution >= 4 is 17.3 Å². The Balaban J connectivity index is 2.34. The van der Waals surface area contributed by atoms with Gasteiger partial charge in [-0.1, -0.05) is 26.8 Å². The van der Waals surface area contributed by atoms with Crippen LogP contribution in [0.3, 0.4) is 0 Å². The van der Waals surface area contributed by atoms with E-state index >= 15 is 0 Å². The summed E-state index contributed by atoms with van der Waals surface area (Å²) in [6, 6.07) is 5.82. The number of hydrogen-bond acceptors (Lipinski definition) is 3. The molecule has 4 nitrogen and oxygen atoms in total. The van der Waals surface area contributed by atoms with Crippen molar-refractivity contribution in [3.63, 3.8) is 0 Å². The molecular weight excluding hydrogens is 240 g/mol. The van der Waals surface area contributed by atoms with Crippen LogP contribution in [0.1, 0.15) is 40.0 Å². The lowest BCUT2D eigenvalue weighted by Gasteiger charge is -2.37. The van der Waals surface area contributed by atoms with E-state index in [-0.39, 0.29) is 5.91 Å². The minimum Gasteiger partial charge on any atom is -0.491 e. The third-order valence-corrected chi connectivity index (χ3v) is 3.74. The van der Waals surface area contributed by atoms with E-state index in [9.17, 15) is 4.79 Å². The minimum absolute atomic E-state index is 0.0255. The molecule has 1 aliphatic rings. The first-order chi connectivity index (χ1) is 9.16. The first kappa shape index (κ1) is 13.7. The van der Waals surface area contributed by atoms with E-state index in [1.165, 1.54) is 0 Å². The molecular formula is C15H22N2O2. The minimum atomic E-state index is -0.504. The first-order valence-electron chi connectivity index (χ1n) is 7.02. The van der Waals surface area contributed by atoms with Gasteiger partial charge in [-0.05, 0) is 31.4 Å². The lowest BCUT2D eigenvalue weighted by molar-refractivity contribution is -0.120. The topological polar surface area (TPSA) is 50.4 Å². The molecule has 0 atom stereocenters. The third kappa shape index (κ3) is 2.39. The number of para-hydroxylation sites is 1. The summed E-state index contributed by atoms with van der Waals surface area (Å²) in [5.41, 5.74) is 1.20. The Kier molecular flexibility index (Phi) is 3.98. The molecule has 1 heterocycles. The summed E-state index contributed by atoms with van der Waals surface area (Å²) >= 11 is 0. The van der Waals surface area contributed by atoms with Gasteiger partial charge < -0.3 is 15.4 Å². The van der Waals surface area contributed by atoms with Crippen LogP contribution in [0.25, 0.3) is 0 Å². The summed E-state index contributed by atoms with van der Waals surface area (Å²) in [6.45, 7) is 6.77. The summed E-state index contributed by atoms with van der Waals surface area (Å²) in [5, 5.41) is 6.39. The zero-order valence-corrected chi connectivity index (χ0v) is 11.9. The van der Waals surface area contributed by atoms with Crippen LogP contribution in [0.5, 0.6) is 5.75 Å². The van der Waals surface area contributed by atoms with Crippen LogP contribution in [0, 0.1) is 0 Å². The standard InChI is InChI=1S/C15H22N2O2/c1-4-10-19-12-9-7-8-11-13(12)16-14(18)15(5-2,6-3)17-11/h7-9,17H,4-6,10H2,1-3H3,(H,16,18). The van der Waals surface area contributed by atoms with Crippen molar-refractivity contribution < 1.29 is 9.53 Å². The zero-order chi connectivity index (χ0) is 13.9. The predicted octanol–water partition coefficient (Wildman–Crippen LogP) is 3.40. The molecule has 2 N–H and O–H groups in total. The Labute approximate surface area is 114 Å². The van der Waals surface area contributed by atoms with Gasteiger partial charge in [0.05, 0.1) is 12.3 Å². The van der Waals surface area contributed by atoms with Crippen LogP contribution in [0.15, 0.2) is 18.2 Å². The molecule has 1 aromatic carbocycles. The van der Waals surface area contributed by atoms with Gasteiger partial charge in [-0.15, -0.1) is 0 Å². The number of hydrogen-bond donors (Lipinski definition) is 2. The van der Waals surface area contributed by atoms with Gasteiger partial charge in [0.15, 0.2) is 0 Å². The normalized spacial score (nSPS) is 16.3. The summed E-state index contributed by atoms with van der Waals surface area (Å²) in [4.78, 5) is 12.3. The van der Waals surface area contributed by atoms with Crippen LogP contribution in [-0.4, -0.2) is 18.1 Å². The lowest BCUT2D eigenvalue weighted by atomic mass is 9.89. The van der Waals surface area contributed by atoms with E-state index in [0.29, 0.717) is 6.61 Å². The van der Waals surface area contributed by atoms with Gasteiger partial charge in [0.25, 0.3) is 0 Å². The molecule has 0 bridgehead atoms. The number of carbonyl (C=O) groups excluding carboxylic acids is 1. The van der Waals surface area contributed by atoms with Gasteiger partial charge in [0.2, 0.25) is 5.91 Å². The summed E-state index contributed by atoms with van der Waals surface area (Å²) in [6.07, 6.45) is 2.46. The Bertz CT molecular complexity index is 467. The van der Waals surface area contributed by atoms with Crippen LogP contribution in [0.4, 0.5) is 11.4 Å². The average molecular weight is 262 g/mol.